The molecule has 1 aliphatic heterocycles. The number of anilines is 1. The maximum absolute atomic E-state index is 9.27. The Kier molecular flexibility index (Phi) is 4.07. The first-order valence-electron chi connectivity index (χ1n) is 6.28. The summed E-state index contributed by atoms with van der Waals surface area (Å²) in [7, 11) is 1.88. The van der Waals surface area contributed by atoms with Gasteiger partial charge in [-0.3, -0.25) is 4.68 Å². The van der Waals surface area contributed by atoms with E-state index in [1.54, 1.807) is 4.68 Å². The van der Waals surface area contributed by atoms with E-state index in [2.05, 4.69) is 16.9 Å². The molecule has 0 spiro atoms. The first-order valence-corrected chi connectivity index (χ1v) is 6.69. The van der Waals surface area contributed by atoms with Gasteiger partial charge in [-0.25, -0.2) is 0 Å². The molecule has 6 nitrogen and oxygen atoms in total. The summed E-state index contributed by atoms with van der Waals surface area (Å²) in [4.78, 5) is 2.50. The van der Waals surface area contributed by atoms with Crippen molar-refractivity contribution >= 4 is 23.0 Å². The second-order valence-electron chi connectivity index (χ2n) is 4.91. The van der Waals surface area contributed by atoms with Crippen LogP contribution in [0.25, 0.3) is 0 Å². The van der Waals surface area contributed by atoms with Crippen molar-refractivity contribution in [1.29, 1.82) is 0 Å². The maximum Gasteiger partial charge on any atom is 0.137 e. The predicted molar refractivity (Wildman–Crippen MR) is 77.5 cm³/mol. The molecule has 1 saturated heterocycles. The third-order valence-electron chi connectivity index (χ3n) is 3.42. The number of thiocarbonyl (C=S) groups is 1. The van der Waals surface area contributed by atoms with Crippen molar-refractivity contribution in [2.45, 2.75) is 26.0 Å². The van der Waals surface area contributed by atoms with Crippen LogP contribution in [0, 0.1) is 6.92 Å². The minimum atomic E-state index is -0.189. The van der Waals surface area contributed by atoms with Gasteiger partial charge >= 0.3 is 0 Å². The largest absolute Gasteiger partial charge is 0.394 e. The Hall–Kier alpha value is -1.18. The number of ether oxygens (including phenoxy) is 1. The first-order chi connectivity index (χ1) is 8.95. The molecule has 2 atom stereocenters. The van der Waals surface area contributed by atoms with Crippen molar-refractivity contribution in [2.24, 2.45) is 12.8 Å². The fraction of sp³-hybridized carbons (Fsp3) is 0.667. The molecule has 0 saturated carbocycles. The van der Waals surface area contributed by atoms with Gasteiger partial charge in [0.25, 0.3) is 0 Å². The van der Waals surface area contributed by atoms with Crippen molar-refractivity contribution in [3.05, 3.63) is 11.3 Å². The van der Waals surface area contributed by atoms with Gasteiger partial charge < -0.3 is 20.5 Å². The maximum atomic E-state index is 9.27. The summed E-state index contributed by atoms with van der Waals surface area (Å²) in [5, 5.41) is 13.7. The van der Waals surface area contributed by atoms with Gasteiger partial charge in [0.2, 0.25) is 0 Å². The average molecular weight is 284 g/mol. The van der Waals surface area contributed by atoms with E-state index < -0.39 is 0 Å². The Morgan fingerprint density at radius 3 is 2.89 bits per heavy atom. The van der Waals surface area contributed by atoms with Gasteiger partial charge in [0.1, 0.15) is 10.8 Å². The molecule has 3 N–H and O–H groups in total. The Morgan fingerprint density at radius 2 is 2.32 bits per heavy atom. The third-order valence-corrected chi connectivity index (χ3v) is 3.62. The zero-order valence-corrected chi connectivity index (χ0v) is 12.3. The fourth-order valence-corrected chi connectivity index (χ4v) is 2.73. The summed E-state index contributed by atoms with van der Waals surface area (Å²) in [6.45, 7) is 5.13. The van der Waals surface area contributed by atoms with E-state index in [9.17, 15) is 5.11 Å². The molecule has 2 rings (SSSR count). The highest BCUT2D eigenvalue weighted by molar-refractivity contribution is 7.80. The lowest BCUT2D eigenvalue weighted by atomic mass is 10.1. The number of aliphatic hydroxyl groups is 1. The van der Waals surface area contributed by atoms with Gasteiger partial charge in [0.05, 0.1) is 36.6 Å². The second-order valence-corrected chi connectivity index (χ2v) is 5.35. The Bertz CT molecular complexity index is 488. The zero-order valence-electron chi connectivity index (χ0n) is 11.5. The number of morpholine rings is 1. The van der Waals surface area contributed by atoms with E-state index >= 15 is 0 Å². The summed E-state index contributed by atoms with van der Waals surface area (Å²) in [6.07, 6.45) is -0.189. The lowest BCUT2D eigenvalue weighted by Gasteiger charge is -2.39. The van der Waals surface area contributed by atoms with Crippen LogP contribution in [-0.4, -0.2) is 51.8 Å². The van der Waals surface area contributed by atoms with Crippen LogP contribution in [0.5, 0.6) is 0 Å². The number of aryl methyl sites for hydroxylation is 2. The summed E-state index contributed by atoms with van der Waals surface area (Å²) in [6, 6.07) is 0.186. The van der Waals surface area contributed by atoms with Crippen LogP contribution in [0.4, 0.5) is 5.82 Å². The van der Waals surface area contributed by atoms with Crippen molar-refractivity contribution in [1.82, 2.24) is 9.78 Å². The number of rotatable bonds is 3. The number of hydrogen-bond donors (Lipinski definition) is 2. The molecule has 0 aromatic carbocycles. The monoisotopic (exact) mass is 284 g/mol. The van der Waals surface area contributed by atoms with Crippen LogP contribution < -0.4 is 10.6 Å². The minimum absolute atomic E-state index is 0.00244. The number of nitrogens with zero attached hydrogens (tertiary/aromatic N) is 3. The van der Waals surface area contributed by atoms with Gasteiger partial charge in [-0.05, 0) is 13.8 Å². The fourth-order valence-electron chi connectivity index (χ4n) is 2.49. The SMILES string of the molecule is Cc1nn(C)c(N2CC(CO)OCC2C)c1C(N)=S. The summed E-state index contributed by atoms with van der Waals surface area (Å²) < 4.78 is 7.34. The molecule has 1 aliphatic rings. The highest BCUT2D eigenvalue weighted by atomic mass is 32.1. The van der Waals surface area contributed by atoms with Crippen LogP contribution in [0.3, 0.4) is 0 Å². The second kappa shape index (κ2) is 5.44. The van der Waals surface area contributed by atoms with Crippen molar-refractivity contribution in [2.75, 3.05) is 24.7 Å². The zero-order chi connectivity index (χ0) is 14.2. The van der Waals surface area contributed by atoms with E-state index in [0.717, 1.165) is 17.1 Å². The number of aromatic nitrogens is 2. The van der Waals surface area contributed by atoms with Gasteiger partial charge in [0.15, 0.2) is 0 Å². The Morgan fingerprint density at radius 1 is 1.63 bits per heavy atom. The van der Waals surface area contributed by atoms with E-state index in [4.69, 9.17) is 22.7 Å². The normalized spacial score (nSPS) is 23.7. The molecule has 0 amide bonds. The van der Waals surface area contributed by atoms with Gasteiger partial charge in [-0.2, -0.15) is 5.10 Å². The standard InChI is InChI=1S/C12H20N4O2S/c1-7-6-18-9(5-17)4-16(7)12-10(11(13)19)8(2)14-15(12)3/h7,9,17H,4-6H2,1-3H3,(H2,13,19). The van der Waals surface area contributed by atoms with Crippen LogP contribution in [0.2, 0.25) is 0 Å². The molecule has 0 bridgehead atoms. The van der Waals surface area contributed by atoms with Gasteiger partial charge in [0, 0.05) is 13.6 Å². The number of hydrogen-bond acceptors (Lipinski definition) is 5. The molecule has 2 unspecified atom stereocenters. The molecule has 2 heterocycles. The van der Waals surface area contributed by atoms with Crippen LogP contribution in [-0.2, 0) is 11.8 Å². The van der Waals surface area contributed by atoms with E-state index in [1.807, 2.05) is 14.0 Å². The Balaban J connectivity index is 2.42. The van der Waals surface area contributed by atoms with Gasteiger partial charge in [-0.15, -0.1) is 0 Å². The van der Waals surface area contributed by atoms with Crippen LogP contribution in [0.15, 0.2) is 0 Å². The first kappa shape index (κ1) is 14.2. The van der Waals surface area contributed by atoms with Crippen molar-refractivity contribution in [3.8, 4) is 0 Å². The number of aliphatic hydroxyl groups excluding tert-OH is 1. The molecular weight excluding hydrogens is 264 g/mol. The topological polar surface area (TPSA) is 76.5 Å². The molecular formula is C12H20N4O2S. The summed E-state index contributed by atoms with van der Waals surface area (Å²) in [5.74, 6) is 0.902. The highest BCUT2D eigenvalue weighted by Crippen LogP contribution is 2.27. The minimum Gasteiger partial charge on any atom is -0.394 e. The molecule has 1 aromatic heterocycles. The third kappa shape index (κ3) is 2.58. The van der Waals surface area contributed by atoms with Crippen LogP contribution in [0.1, 0.15) is 18.2 Å². The van der Waals surface area contributed by atoms with Crippen LogP contribution >= 0.6 is 12.2 Å². The lowest BCUT2D eigenvalue weighted by molar-refractivity contribution is -0.0107. The molecule has 0 radical (unpaired) electrons. The van der Waals surface area contributed by atoms with Crippen molar-refractivity contribution in [3.63, 3.8) is 0 Å². The molecule has 106 valence electrons. The van der Waals surface area contributed by atoms with E-state index in [1.165, 1.54) is 0 Å². The summed E-state index contributed by atoms with van der Waals surface area (Å²) >= 11 is 5.13. The molecule has 19 heavy (non-hydrogen) atoms. The van der Waals surface area contributed by atoms with E-state index in [-0.39, 0.29) is 18.8 Å². The van der Waals surface area contributed by atoms with E-state index in [0.29, 0.717) is 18.1 Å². The quantitative estimate of drug-likeness (QED) is 0.758. The molecule has 0 aliphatic carbocycles. The lowest BCUT2D eigenvalue weighted by Crippen LogP contribution is -2.50. The van der Waals surface area contributed by atoms with Crippen molar-refractivity contribution < 1.29 is 9.84 Å². The summed E-state index contributed by atoms with van der Waals surface area (Å²) in [5.41, 5.74) is 7.45. The van der Waals surface area contributed by atoms with Gasteiger partial charge in [-0.1, -0.05) is 12.2 Å². The smallest absolute Gasteiger partial charge is 0.137 e. The Labute approximate surface area is 118 Å². The molecule has 7 heteroatoms. The highest BCUT2D eigenvalue weighted by Gasteiger charge is 2.30. The predicted octanol–water partition coefficient (Wildman–Crippen LogP) is -0.0513. The average Bonchev–Trinajstić information content (AvgIpc) is 2.65. The molecule has 1 aromatic rings. The number of nitrogens with two attached hydrogens (primary N) is 1. The molecule has 1 fully saturated rings.